The number of nitrogens with zero attached hydrogens (tertiary/aromatic N) is 2. The Bertz CT molecular complexity index is 845. The van der Waals surface area contributed by atoms with Gasteiger partial charge >= 0.3 is 0 Å². The number of hydrogen-bond acceptors (Lipinski definition) is 4. The first-order valence-electron chi connectivity index (χ1n) is 9.35. The number of piperidine rings is 1. The number of rotatable bonds is 6. The minimum absolute atomic E-state index is 0.268. The number of aliphatic hydroxyl groups is 1. The van der Waals surface area contributed by atoms with E-state index in [1.54, 1.807) is 32.3 Å². The Hall–Kier alpha value is -1.73. The molecule has 0 amide bonds. The molecule has 1 fully saturated rings. The number of hydrogen-bond donors (Lipinski definition) is 1. The first-order valence-corrected chi connectivity index (χ1v) is 10.8. The lowest BCUT2D eigenvalue weighted by atomic mass is 9.87. The number of aliphatic hydroxyl groups excluding tert-OH is 1. The highest BCUT2D eigenvalue weighted by Gasteiger charge is 2.26. The molecule has 2 aromatic carbocycles. The zero-order valence-electron chi connectivity index (χ0n) is 16.0. The van der Waals surface area contributed by atoms with E-state index >= 15 is 0 Å². The van der Waals surface area contributed by atoms with Crippen LogP contribution < -0.4 is 0 Å². The molecule has 1 atom stereocenters. The van der Waals surface area contributed by atoms with Crippen LogP contribution in [0.15, 0.2) is 59.5 Å². The van der Waals surface area contributed by atoms with Gasteiger partial charge in [0.25, 0.3) is 0 Å². The lowest BCUT2D eigenvalue weighted by molar-refractivity contribution is 0.0567. The normalized spacial score (nSPS) is 17.9. The third kappa shape index (κ3) is 4.76. The average molecular weight is 389 g/mol. The molecule has 27 heavy (non-hydrogen) atoms. The van der Waals surface area contributed by atoms with E-state index in [0.29, 0.717) is 4.90 Å². The van der Waals surface area contributed by atoms with Crippen LogP contribution in [-0.2, 0) is 16.6 Å². The summed E-state index contributed by atoms with van der Waals surface area (Å²) in [4.78, 5) is 2.66. The maximum absolute atomic E-state index is 12.3. The van der Waals surface area contributed by atoms with Gasteiger partial charge < -0.3 is 5.11 Å². The fourth-order valence-corrected chi connectivity index (χ4v) is 4.59. The number of likely N-dealkylation sites (tertiary alicyclic amines) is 1. The summed E-state index contributed by atoms with van der Waals surface area (Å²) in [6.07, 6.45) is 1.46. The molecule has 0 saturated carbocycles. The van der Waals surface area contributed by atoms with Gasteiger partial charge in [0.15, 0.2) is 0 Å². The first-order chi connectivity index (χ1) is 12.9. The molecule has 1 saturated heterocycles. The number of benzene rings is 2. The Morgan fingerprint density at radius 3 is 2.37 bits per heavy atom. The van der Waals surface area contributed by atoms with Crippen LogP contribution in [0.5, 0.6) is 0 Å². The van der Waals surface area contributed by atoms with Gasteiger partial charge in [-0.05, 0) is 55.1 Å². The van der Waals surface area contributed by atoms with Crippen LogP contribution in [-0.4, -0.2) is 49.9 Å². The molecule has 0 bridgehead atoms. The molecule has 1 N–H and O–H groups in total. The molecule has 3 rings (SSSR count). The summed E-state index contributed by atoms with van der Waals surface area (Å²) < 4.78 is 25.9. The van der Waals surface area contributed by atoms with Crippen LogP contribution >= 0.6 is 0 Å². The lowest BCUT2D eigenvalue weighted by Crippen LogP contribution is -2.35. The second-order valence-corrected chi connectivity index (χ2v) is 9.56. The quantitative estimate of drug-likeness (QED) is 0.827. The minimum atomic E-state index is -3.41. The molecular formula is C21H28N2O3S. The van der Waals surface area contributed by atoms with Crippen molar-refractivity contribution in [1.29, 1.82) is 0 Å². The maximum atomic E-state index is 12.3. The lowest BCUT2D eigenvalue weighted by Gasteiger charge is -2.34. The van der Waals surface area contributed by atoms with E-state index in [9.17, 15) is 13.5 Å². The molecule has 1 heterocycles. The number of sulfonamides is 1. The highest BCUT2D eigenvalue weighted by atomic mass is 32.2. The molecule has 146 valence electrons. The maximum Gasteiger partial charge on any atom is 0.242 e. The van der Waals surface area contributed by atoms with Crippen molar-refractivity contribution in [3.05, 3.63) is 65.7 Å². The van der Waals surface area contributed by atoms with Gasteiger partial charge in [0.2, 0.25) is 10.0 Å². The molecule has 0 spiro atoms. The minimum Gasteiger partial charge on any atom is -0.388 e. The van der Waals surface area contributed by atoms with Gasteiger partial charge in [0.1, 0.15) is 0 Å². The second-order valence-electron chi connectivity index (χ2n) is 7.40. The summed E-state index contributed by atoms with van der Waals surface area (Å²) >= 11 is 0. The van der Waals surface area contributed by atoms with Crippen molar-refractivity contribution in [2.45, 2.75) is 30.4 Å². The molecule has 0 aliphatic carbocycles. The summed E-state index contributed by atoms with van der Waals surface area (Å²) in [6.45, 7) is 2.53. The van der Waals surface area contributed by atoms with E-state index in [1.165, 1.54) is 4.31 Å². The van der Waals surface area contributed by atoms with Crippen LogP contribution in [0.4, 0.5) is 0 Å². The Kier molecular flexibility index (Phi) is 6.32. The third-order valence-electron chi connectivity index (χ3n) is 5.30. The summed E-state index contributed by atoms with van der Waals surface area (Å²) in [6, 6.07) is 17.0. The van der Waals surface area contributed by atoms with Crippen LogP contribution in [0, 0.1) is 5.92 Å². The standard InChI is InChI=1S/C21H28N2O3S/c1-22(2)27(25,26)20-10-6-7-17(15-20)16-23-13-11-19(12-14-23)21(24)18-8-4-3-5-9-18/h3-10,15,19,21,24H,11-14,16H2,1-2H3. The SMILES string of the molecule is CN(C)S(=O)(=O)c1cccc(CN2CCC(C(O)c3ccccc3)CC2)c1. The van der Waals surface area contributed by atoms with Gasteiger partial charge in [-0.15, -0.1) is 0 Å². The molecule has 6 heteroatoms. The van der Waals surface area contributed by atoms with Crippen molar-refractivity contribution in [3.63, 3.8) is 0 Å². The topological polar surface area (TPSA) is 60.9 Å². The van der Waals surface area contributed by atoms with Crippen LogP contribution in [0.1, 0.15) is 30.1 Å². The van der Waals surface area contributed by atoms with E-state index < -0.39 is 16.1 Å². The zero-order chi connectivity index (χ0) is 19.4. The molecular weight excluding hydrogens is 360 g/mol. The van der Waals surface area contributed by atoms with Crippen molar-refractivity contribution in [3.8, 4) is 0 Å². The molecule has 1 aliphatic heterocycles. The van der Waals surface area contributed by atoms with Crippen molar-refractivity contribution in [2.75, 3.05) is 27.2 Å². The monoisotopic (exact) mass is 388 g/mol. The highest BCUT2D eigenvalue weighted by Crippen LogP contribution is 2.31. The Labute approximate surface area is 162 Å². The molecule has 1 aliphatic rings. The van der Waals surface area contributed by atoms with Gasteiger partial charge in [-0.2, -0.15) is 0 Å². The summed E-state index contributed by atoms with van der Waals surface area (Å²) in [5.41, 5.74) is 1.98. The summed E-state index contributed by atoms with van der Waals surface area (Å²) in [5, 5.41) is 10.6. The van der Waals surface area contributed by atoms with E-state index in [-0.39, 0.29) is 5.92 Å². The van der Waals surface area contributed by atoms with Crippen molar-refractivity contribution in [2.24, 2.45) is 5.92 Å². The second kappa shape index (κ2) is 8.52. The first kappa shape index (κ1) is 20.0. The highest BCUT2D eigenvalue weighted by molar-refractivity contribution is 7.89. The molecule has 0 radical (unpaired) electrons. The largest absolute Gasteiger partial charge is 0.388 e. The van der Waals surface area contributed by atoms with Gasteiger partial charge in [0, 0.05) is 20.6 Å². The van der Waals surface area contributed by atoms with E-state index in [4.69, 9.17) is 0 Å². The Balaban J connectivity index is 1.60. The average Bonchev–Trinajstić information content (AvgIpc) is 2.69. The zero-order valence-corrected chi connectivity index (χ0v) is 16.8. The van der Waals surface area contributed by atoms with Gasteiger partial charge in [-0.1, -0.05) is 42.5 Å². The van der Waals surface area contributed by atoms with Crippen molar-refractivity contribution in [1.82, 2.24) is 9.21 Å². The van der Waals surface area contributed by atoms with Crippen LogP contribution in [0.2, 0.25) is 0 Å². The Morgan fingerprint density at radius 2 is 1.74 bits per heavy atom. The molecule has 1 unspecified atom stereocenters. The predicted octanol–water partition coefficient (Wildman–Crippen LogP) is 2.88. The van der Waals surface area contributed by atoms with E-state index in [0.717, 1.165) is 43.6 Å². The molecule has 5 nitrogen and oxygen atoms in total. The van der Waals surface area contributed by atoms with Crippen molar-refractivity contribution >= 4 is 10.0 Å². The third-order valence-corrected chi connectivity index (χ3v) is 7.11. The van der Waals surface area contributed by atoms with Gasteiger partial charge in [0.05, 0.1) is 11.0 Å². The van der Waals surface area contributed by atoms with Gasteiger partial charge in [-0.3, -0.25) is 4.90 Å². The smallest absolute Gasteiger partial charge is 0.242 e. The Morgan fingerprint density at radius 1 is 1.07 bits per heavy atom. The summed E-state index contributed by atoms with van der Waals surface area (Å²) in [5.74, 6) is 0.268. The van der Waals surface area contributed by atoms with E-state index in [2.05, 4.69) is 4.90 Å². The van der Waals surface area contributed by atoms with E-state index in [1.807, 2.05) is 36.4 Å². The van der Waals surface area contributed by atoms with Gasteiger partial charge in [-0.25, -0.2) is 12.7 Å². The fraction of sp³-hybridized carbons (Fsp3) is 0.429. The van der Waals surface area contributed by atoms with Crippen LogP contribution in [0.25, 0.3) is 0 Å². The predicted molar refractivity (Wildman–Crippen MR) is 107 cm³/mol. The van der Waals surface area contributed by atoms with Crippen LogP contribution in [0.3, 0.4) is 0 Å². The fourth-order valence-electron chi connectivity index (χ4n) is 3.62. The van der Waals surface area contributed by atoms with Crippen molar-refractivity contribution < 1.29 is 13.5 Å². The molecule has 2 aromatic rings. The summed E-state index contributed by atoms with van der Waals surface area (Å²) in [7, 11) is -0.316. The molecule has 0 aromatic heterocycles.